The number of hydrogen-bond donors (Lipinski definition) is 1. The lowest BCUT2D eigenvalue weighted by Crippen LogP contribution is -2.14. The first kappa shape index (κ1) is 13.4. The fourth-order valence-corrected chi connectivity index (χ4v) is 2.25. The van der Waals surface area contributed by atoms with Crippen LogP contribution in [0, 0.1) is 6.92 Å². The van der Waals surface area contributed by atoms with E-state index in [1.165, 1.54) is 18.3 Å². The highest BCUT2D eigenvalue weighted by Gasteiger charge is 2.09. The Kier molecular flexibility index (Phi) is 4.06. The summed E-state index contributed by atoms with van der Waals surface area (Å²) in [5.74, 6) is -0.249. The van der Waals surface area contributed by atoms with Crippen LogP contribution in [0.15, 0.2) is 17.8 Å². The van der Waals surface area contributed by atoms with Crippen LogP contribution in [0.2, 0.25) is 0 Å². The zero-order valence-corrected chi connectivity index (χ0v) is 11.5. The summed E-state index contributed by atoms with van der Waals surface area (Å²) in [5.41, 5.74) is 1.44. The Balaban J connectivity index is 1.85. The normalized spacial score (nSPS) is 10.4. The fraction of sp³-hybridized carbons (Fsp3) is 0.333. The van der Waals surface area contributed by atoms with Crippen LogP contribution in [0.3, 0.4) is 0 Å². The number of amides is 1. The van der Waals surface area contributed by atoms with Gasteiger partial charge in [0.2, 0.25) is 5.91 Å². The van der Waals surface area contributed by atoms with Crippen molar-refractivity contribution in [3.8, 4) is 0 Å². The molecular formula is C12H14N4O2S. The summed E-state index contributed by atoms with van der Waals surface area (Å²) in [6.07, 6.45) is 3.94. The lowest BCUT2D eigenvalue weighted by Gasteiger charge is -2.02. The van der Waals surface area contributed by atoms with Gasteiger partial charge in [0.1, 0.15) is 5.69 Å². The Morgan fingerprint density at radius 3 is 2.84 bits per heavy atom. The lowest BCUT2D eigenvalue weighted by molar-refractivity contribution is -0.116. The zero-order valence-electron chi connectivity index (χ0n) is 10.7. The van der Waals surface area contributed by atoms with Gasteiger partial charge in [0, 0.05) is 31.5 Å². The summed E-state index contributed by atoms with van der Waals surface area (Å²) >= 11 is 1.25. The van der Waals surface area contributed by atoms with E-state index < -0.39 is 0 Å². The van der Waals surface area contributed by atoms with Crippen LogP contribution < -0.4 is 5.32 Å². The molecule has 0 aliphatic carbocycles. The molecule has 1 N–H and O–H groups in total. The summed E-state index contributed by atoms with van der Waals surface area (Å²) < 4.78 is 1.72. The number of thiazole rings is 1. The molecule has 0 spiro atoms. The third kappa shape index (κ3) is 3.72. The maximum absolute atomic E-state index is 11.7. The van der Waals surface area contributed by atoms with E-state index in [1.54, 1.807) is 16.3 Å². The average Bonchev–Trinajstić information content (AvgIpc) is 2.96. The van der Waals surface area contributed by atoms with Gasteiger partial charge in [-0.3, -0.25) is 14.3 Å². The van der Waals surface area contributed by atoms with Gasteiger partial charge in [-0.15, -0.1) is 11.3 Å². The van der Waals surface area contributed by atoms with Gasteiger partial charge in [0.05, 0.1) is 6.20 Å². The van der Waals surface area contributed by atoms with Gasteiger partial charge in [-0.1, -0.05) is 0 Å². The Morgan fingerprint density at radius 1 is 1.47 bits per heavy atom. The number of carbonyl (C=O) groups is 2. The van der Waals surface area contributed by atoms with Crippen LogP contribution in [-0.4, -0.2) is 26.5 Å². The van der Waals surface area contributed by atoms with Crippen LogP contribution in [0.5, 0.6) is 0 Å². The highest BCUT2D eigenvalue weighted by Crippen LogP contribution is 2.15. The highest BCUT2D eigenvalue weighted by atomic mass is 32.1. The van der Waals surface area contributed by atoms with Gasteiger partial charge in [0.15, 0.2) is 10.9 Å². The van der Waals surface area contributed by atoms with Crippen molar-refractivity contribution in [3.05, 3.63) is 29.0 Å². The number of ketones is 1. The van der Waals surface area contributed by atoms with E-state index in [9.17, 15) is 9.59 Å². The Bertz CT molecular complexity index is 602. The van der Waals surface area contributed by atoms with Crippen molar-refractivity contribution >= 4 is 28.2 Å². The topological polar surface area (TPSA) is 76.9 Å². The summed E-state index contributed by atoms with van der Waals surface area (Å²) in [5, 5.41) is 8.85. The number of aromatic nitrogens is 3. The first-order valence-corrected chi connectivity index (χ1v) is 6.68. The van der Waals surface area contributed by atoms with Gasteiger partial charge in [-0.2, -0.15) is 5.10 Å². The summed E-state index contributed by atoms with van der Waals surface area (Å²) in [6.45, 7) is 3.91. The standard InChI is InChI=1S/C12H14N4O2S/c1-8-5-13-16(6-8)4-3-11(18)15-12-14-10(7-19-12)9(2)17/h5-7H,3-4H2,1-2H3,(H,14,15,18). The van der Waals surface area contributed by atoms with Gasteiger partial charge in [0.25, 0.3) is 0 Å². The molecule has 0 saturated carbocycles. The maximum atomic E-state index is 11.7. The van der Waals surface area contributed by atoms with E-state index >= 15 is 0 Å². The second-order valence-electron chi connectivity index (χ2n) is 4.17. The second kappa shape index (κ2) is 5.75. The van der Waals surface area contributed by atoms with E-state index in [0.29, 0.717) is 23.8 Å². The number of nitrogens with one attached hydrogen (secondary N) is 1. The molecule has 2 aromatic heterocycles. The number of carbonyl (C=O) groups excluding carboxylic acids is 2. The second-order valence-corrected chi connectivity index (χ2v) is 5.03. The number of anilines is 1. The Morgan fingerprint density at radius 2 is 2.26 bits per heavy atom. The number of Topliss-reactive ketones (excluding diaryl/α,β-unsaturated/α-hetero) is 1. The van der Waals surface area contributed by atoms with Gasteiger partial charge >= 0.3 is 0 Å². The predicted molar refractivity (Wildman–Crippen MR) is 72.3 cm³/mol. The molecule has 7 heteroatoms. The monoisotopic (exact) mass is 278 g/mol. The molecule has 0 aliphatic rings. The minimum atomic E-state index is -0.141. The third-order valence-electron chi connectivity index (χ3n) is 2.44. The molecule has 0 saturated heterocycles. The van der Waals surface area contributed by atoms with E-state index in [0.717, 1.165) is 5.56 Å². The van der Waals surface area contributed by atoms with Gasteiger partial charge < -0.3 is 5.32 Å². The van der Waals surface area contributed by atoms with Crippen molar-refractivity contribution in [2.75, 3.05) is 5.32 Å². The zero-order chi connectivity index (χ0) is 13.8. The quantitative estimate of drug-likeness (QED) is 0.847. The number of hydrogen-bond acceptors (Lipinski definition) is 5. The Hall–Kier alpha value is -2.02. The van der Waals surface area contributed by atoms with Crippen LogP contribution in [0.1, 0.15) is 29.4 Å². The molecule has 0 atom stereocenters. The third-order valence-corrected chi connectivity index (χ3v) is 3.20. The van der Waals surface area contributed by atoms with Gasteiger partial charge in [-0.25, -0.2) is 4.98 Å². The van der Waals surface area contributed by atoms with Crippen molar-refractivity contribution in [2.24, 2.45) is 0 Å². The van der Waals surface area contributed by atoms with Crippen LogP contribution in [-0.2, 0) is 11.3 Å². The van der Waals surface area contributed by atoms with Crippen LogP contribution in [0.4, 0.5) is 5.13 Å². The fourth-order valence-electron chi connectivity index (χ4n) is 1.48. The number of rotatable bonds is 5. The molecule has 100 valence electrons. The molecule has 0 aliphatic heterocycles. The molecule has 0 radical (unpaired) electrons. The average molecular weight is 278 g/mol. The van der Waals surface area contributed by atoms with Crippen molar-refractivity contribution in [2.45, 2.75) is 26.8 Å². The van der Waals surface area contributed by atoms with E-state index in [-0.39, 0.29) is 11.7 Å². The molecule has 0 fully saturated rings. The largest absolute Gasteiger partial charge is 0.302 e. The summed E-state index contributed by atoms with van der Waals surface area (Å²) in [7, 11) is 0. The summed E-state index contributed by atoms with van der Waals surface area (Å²) in [4.78, 5) is 26.8. The molecule has 6 nitrogen and oxygen atoms in total. The SMILES string of the molecule is CC(=O)c1csc(NC(=O)CCn2cc(C)cn2)n1. The number of nitrogens with zero attached hydrogens (tertiary/aromatic N) is 3. The molecular weight excluding hydrogens is 264 g/mol. The van der Waals surface area contributed by atoms with E-state index in [1.807, 2.05) is 13.1 Å². The van der Waals surface area contributed by atoms with E-state index in [2.05, 4.69) is 15.4 Å². The smallest absolute Gasteiger partial charge is 0.228 e. The van der Waals surface area contributed by atoms with Crippen molar-refractivity contribution in [1.82, 2.24) is 14.8 Å². The molecule has 1 amide bonds. The first-order chi connectivity index (χ1) is 9.04. The number of aryl methyl sites for hydroxylation is 2. The minimum Gasteiger partial charge on any atom is -0.302 e. The lowest BCUT2D eigenvalue weighted by atomic mass is 10.4. The maximum Gasteiger partial charge on any atom is 0.228 e. The predicted octanol–water partition coefficient (Wildman–Crippen LogP) is 1.88. The Labute approximate surface area is 114 Å². The molecule has 2 aromatic rings. The van der Waals surface area contributed by atoms with E-state index in [4.69, 9.17) is 0 Å². The molecule has 19 heavy (non-hydrogen) atoms. The molecule has 0 bridgehead atoms. The summed E-state index contributed by atoms with van der Waals surface area (Å²) in [6, 6.07) is 0. The molecule has 0 unspecified atom stereocenters. The van der Waals surface area contributed by atoms with Crippen LogP contribution in [0.25, 0.3) is 0 Å². The first-order valence-electron chi connectivity index (χ1n) is 5.80. The van der Waals surface area contributed by atoms with Crippen molar-refractivity contribution in [1.29, 1.82) is 0 Å². The molecule has 2 rings (SSSR count). The molecule has 2 heterocycles. The van der Waals surface area contributed by atoms with Crippen molar-refractivity contribution in [3.63, 3.8) is 0 Å². The van der Waals surface area contributed by atoms with Crippen LogP contribution >= 0.6 is 11.3 Å². The molecule has 0 aromatic carbocycles. The highest BCUT2D eigenvalue weighted by molar-refractivity contribution is 7.14. The van der Waals surface area contributed by atoms with Crippen molar-refractivity contribution < 1.29 is 9.59 Å². The minimum absolute atomic E-state index is 0.108. The van der Waals surface area contributed by atoms with Gasteiger partial charge in [-0.05, 0) is 12.5 Å².